The molecule has 0 aromatic carbocycles. The summed E-state index contributed by atoms with van der Waals surface area (Å²) >= 11 is 0. The van der Waals surface area contributed by atoms with E-state index in [1.165, 1.54) is 0 Å². The molecule has 0 radical (unpaired) electrons. The second kappa shape index (κ2) is 20.0. The molecule has 0 heterocycles. The van der Waals surface area contributed by atoms with Crippen molar-refractivity contribution in [1.29, 1.82) is 0 Å². The zero-order valence-corrected chi connectivity index (χ0v) is 12.4. The molecule has 0 amide bonds. The van der Waals surface area contributed by atoms with E-state index in [1.807, 2.05) is 0 Å². The third-order valence-corrected chi connectivity index (χ3v) is 1.84. The van der Waals surface area contributed by atoms with E-state index < -0.39 is 37.1 Å². The third kappa shape index (κ3) is 16.2. The molecule has 0 bridgehead atoms. The number of rotatable bonds is 7. The maximum Gasteiger partial charge on any atom is 4.00 e. The van der Waals surface area contributed by atoms with Crippen LogP contribution < -0.4 is 0 Å². The molecule has 0 aromatic heterocycles. The zero-order chi connectivity index (χ0) is 14.7. The van der Waals surface area contributed by atoms with E-state index in [0.717, 1.165) is 0 Å². The minimum absolute atomic E-state index is 0. The van der Waals surface area contributed by atoms with Crippen LogP contribution in [0.4, 0.5) is 0 Å². The Balaban J connectivity index is -0.0000000830. The Bertz CT molecular complexity index is 204. The van der Waals surface area contributed by atoms with Gasteiger partial charge in [0, 0.05) is 0 Å². The van der Waals surface area contributed by atoms with Gasteiger partial charge in [0.1, 0.15) is 30.5 Å². The Morgan fingerprint density at radius 1 is 0.762 bits per heavy atom. The Morgan fingerprint density at radius 2 is 1.14 bits per heavy atom. The van der Waals surface area contributed by atoms with Crippen LogP contribution in [0.1, 0.15) is 0 Å². The molecule has 0 aliphatic carbocycles. The number of carbonyl (C=O) groups is 1. The minimum atomic E-state index is -1.79. The molecule has 0 saturated heterocycles. The number of carbonyl (C=O) groups excluding carboxylic acids is 1. The zero-order valence-electron chi connectivity index (χ0n) is 10.9. The first-order valence-electron chi connectivity index (χ1n) is 5.03. The molecule has 12 heteroatoms. The molecule has 8 N–H and O–H groups in total. The summed E-state index contributed by atoms with van der Waals surface area (Å²) in [5.74, 6) is 0. The van der Waals surface area contributed by atoms with E-state index in [0.29, 0.717) is 0 Å². The predicted molar refractivity (Wildman–Crippen MR) is 58.7 cm³/mol. The van der Waals surface area contributed by atoms with Gasteiger partial charge in [-0.25, -0.2) is 0 Å². The van der Waals surface area contributed by atoms with Crippen molar-refractivity contribution < 1.29 is 78.3 Å². The van der Waals surface area contributed by atoms with E-state index in [4.69, 9.17) is 40.9 Å². The fourth-order valence-electron chi connectivity index (χ4n) is 0.676. The van der Waals surface area contributed by atoms with E-state index in [9.17, 15) is 4.79 Å². The third-order valence-electron chi connectivity index (χ3n) is 1.84. The molecule has 0 rings (SSSR count). The Kier molecular flexibility index (Phi) is 31.2. The molecule has 11 nitrogen and oxygen atoms in total. The van der Waals surface area contributed by atoms with Crippen molar-refractivity contribution in [2.75, 3.05) is 19.8 Å². The fraction of sp³-hybridized carbons (Fsp3) is 0.889. The second-order valence-electron chi connectivity index (χ2n) is 3.38. The standard InChI is InChI=1S/C6H12O6.C3H8O3.2O.Ti/c7-1-3(9)5(11)6(12)4(10)2-8;4-1-3(6)2-5;;;/h1,3-6,8-12H,2H2;3-6H,1-2H2;;;/q;;2*-2;+4/t3-,4+,5+,6+;;;;/m0..../s1. The first-order valence-corrected chi connectivity index (χ1v) is 5.03. The maximum absolute atomic E-state index is 9.90. The van der Waals surface area contributed by atoms with E-state index >= 15 is 0 Å². The van der Waals surface area contributed by atoms with Crippen LogP contribution in [0, 0.1) is 0 Å². The van der Waals surface area contributed by atoms with Crippen LogP contribution in [0.3, 0.4) is 0 Å². The van der Waals surface area contributed by atoms with Crippen LogP contribution in [0.25, 0.3) is 0 Å². The smallest absolute Gasteiger partial charge is 2.00 e. The fourth-order valence-corrected chi connectivity index (χ4v) is 0.676. The molecule has 0 fully saturated rings. The molecular weight excluding hydrogens is 332 g/mol. The van der Waals surface area contributed by atoms with E-state index in [1.54, 1.807) is 0 Å². The van der Waals surface area contributed by atoms with Crippen molar-refractivity contribution in [2.45, 2.75) is 30.5 Å². The monoisotopic (exact) mass is 352 g/mol. The van der Waals surface area contributed by atoms with Crippen molar-refractivity contribution >= 4 is 6.29 Å². The minimum Gasteiger partial charge on any atom is -2.00 e. The number of aliphatic hydroxyl groups excluding tert-OH is 8. The maximum atomic E-state index is 9.90. The molecule has 21 heavy (non-hydrogen) atoms. The number of hydrogen-bond donors (Lipinski definition) is 8. The summed E-state index contributed by atoms with van der Waals surface area (Å²) in [5, 5.41) is 67.6. The van der Waals surface area contributed by atoms with Gasteiger partial charge >= 0.3 is 21.7 Å². The van der Waals surface area contributed by atoms with Crippen LogP contribution in [0.2, 0.25) is 0 Å². The van der Waals surface area contributed by atoms with Crippen LogP contribution >= 0.6 is 0 Å². The quantitative estimate of drug-likeness (QED) is 0.161. The summed E-state index contributed by atoms with van der Waals surface area (Å²) in [6.07, 6.45) is -7.79. The van der Waals surface area contributed by atoms with Gasteiger partial charge in [0.15, 0.2) is 6.29 Å². The van der Waals surface area contributed by atoms with Crippen molar-refractivity contribution in [2.24, 2.45) is 0 Å². The van der Waals surface area contributed by atoms with Gasteiger partial charge in [-0.15, -0.1) is 0 Å². The molecule has 0 unspecified atom stereocenters. The van der Waals surface area contributed by atoms with Crippen LogP contribution in [-0.2, 0) is 37.5 Å². The van der Waals surface area contributed by atoms with Gasteiger partial charge in [-0.2, -0.15) is 0 Å². The van der Waals surface area contributed by atoms with Gasteiger partial charge in [-0.05, 0) is 0 Å². The molecule has 0 spiro atoms. The number of aldehydes is 1. The summed E-state index contributed by atoms with van der Waals surface area (Å²) in [6.45, 7) is -1.49. The van der Waals surface area contributed by atoms with Gasteiger partial charge < -0.3 is 56.6 Å². The van der Waals surface area contributed by atoms with Crippen LogP contribution in [0.5, 0.6) is 0 Å². The summed E-state index contributed by atoms with van der Waals surface area (Å²) in [5.41, 5.74) is 0. The number of hydrogen-bond acceptors (Lipinski definition) is 9. The predicted octanol–water partition coefficient (Wildman–Crippen LogP) is -5.29. The van der Waals surface area contributed by atoms with Crippen molar-refractivity contribution in [3.05, 3.63) is 0 Å². The van der Waals surface area contributed by atoms with Crippen LogP contribution in [-0.4, -0.2) is 97.5 Å². The van der Waals surface area contributed by atoms with Crippen molar-refractivity contribution in [3.8, 4) is 0 Å². The molecule has 0 saturated carbocycles. The summed E-state index contributed by atoms with van der Waals surface area (Å²) < 4.78 is 0. The molecule has 126 valence electrons. The van der Waals surface area contributed by atoms with Crippen molar-refractivity contribution in [3.63, 3.8) is 0 Å². The second-order valence-corrected chi connectivity index (χ2v) is 3.38. The summed E-state index contributed by atoms with van der Waals surface area (Å²) in [6, 6.07) is 0. The summed E-state index contributed by atoms with van der Waals surface area (Å²) in [7, 11) is 0. The Hall–Kier alpha value is -0.0157. The van der Waals surface area contributed by atoms with Gasteiger partial charge in [-0.1, -0.05) is 0 Å². The summed E-state index contributed by atoms with van der Waals surface area (Å²) in [4.78, 5) is 9.90. The normalized spacial score (nSPS) is 14.9. The van der Waals surface area contributed by atoms with Crippen molar-refractivity contribution in [1.82, 2.24) is 0 Å². The first-order chi connectivity index (χ1) is 8.35. The molecular formula is C9H20O11Ti. The average molecular weight is 352 g/mol. The van der Waals surface area contributed by atoms with E-state index in [-0.39, 0.29) is 52.2 Å². The average Bonchev–Trinajstić information content (AvgIpc) is 2.43. The Labute approximate surface area is 135 Å². The molecule has 4 atom stereocenters. The topological polar surface area (TPSA) is 236 Å². The molecule has 0 aromatic rings. The van der Waals surface area contributed by atoms with Gasteiger partial charge in [0.25, 0.3) is 0 Å². The van der Waals surface area contributed by atoms with Gasteiger partial charge in [0.2, 0.25) is 0 Å². The number of aliphatic hydroxyl groups is 8. The van der Waals surface area contributed by atoms with Gasteiger partial charge in [0.05, 0.1) is 19.8 Å². The largest absolute Gasteiger partial charge is 4.00 e. The SMILES string of the molecule is O=C[C@H](O)[C@@H](O)[C@H](O)[C@H](O)CO.OCC(O)CO.[O-2].[O-2].[Ti+4]. The molecule has 0 aliphatic rings. The van der Waals surface area contributed by atoms with Gasteiger partial charge in [-0.3, -0.25) is 0 Å². The first kappa shape index (κ1) is 32.8. The molecule has 0 aliphatic heterocycles. The van der Waals surface area contributed by atoms with Crippen LogP contribution in [0.15, 0.2) is 0 Å². The van der Waals surface area contributed by atoms with E-state index in [2.05, 4.69) is 0 Å². The Morgan fingerprint density at radius 3 is 1.33 bits per heavy atom.